The Kier molecular flexibility index (Phi) is 3.41. The Bertz CT molecular complexity index is 549. The number of halogens is 1. The van der Waals surface area contributed by atoms with Crippen molar-refractivity contribution in [3.8, 4) is 0 Å². The second-order valence-corrected chi connectivity index (χ2v) is 4.09. The van der Waals surface area contributed by atoms with Gasteiger partial charge in [-0.2, -0.15) is 0 Å². The zero-order valence-corrected chi connectivity index (χ0v) is 10.6. The molecule has 1 heterocycles. The molecule has 0 unspecified atom stereocenters. The smallest absolute Gasteiger partial charge is 0.138 e. The zero-order valence-electron chi connectivity index (χ0n) is 10.6. The lowest BCUT2D eigenvalue weighted by Gasteiger charge is -2.11. The van der Waals surface area contributed by atoms with Gasteiger partial charge in [-0.15, -0.1) is 0 Å². The maximum absolute atomic E-state index is 13.3. The van der Waals surface area contributed by atoms with Gasteiger partial charge in [0, 0.05) is 18.3 Å². The minimum atomic E-state index is -0.266. The van der Waals surface area contributed by atoms with Crippen molar-refractivity contribution in [1.82, 2.24) is 9.97 Å². The molecule has 0 saturated heterocycles. The molecule has 2 aromatic rings. The van der Waals surface area contributed by atoms with E-state index in [4.69, 9.17) is 0 Å². The van der Waals surface area contributed by atoms with Crippen molar-refractivity contribution < 1.29 is 4.39 Å². The number of hydrogen-bond donors (Lipinski definition) is 2. The van der Waals surface area contributed by atoms with Crippen LogP contribution in [-0.4, -0.2) is 17.0 Å². The highest BCUT2D eigenvalue weighted by Crippen LogP contribution is 2.23. The van der Waals surface area contributed by atoms with Gasteiger partial charge in [-0.25, -0.2) is 14.4 Å². The highest BCUT2D eigenvalue weighted by molar-refractivity contribution is 5.64. The molecule has 0 aliphatic carbocycles. The van der Waals surface area contributed by atoms with E-state index in [1.807, 2.05) is 19.9 Å². The minimum absolute atomic E-state index is 0.266. The summed E-state index contributed by atoms with van der Waals surface area (Å²) in [5, 5.41) is 6.08. The number of aryl methyl sites for hydroxylation is 1. The van der Waals surface area contributed by atoms with Crippen LogP contribution in [0.15, 0.2) is 24.5 Å². The molecule has 18 heavy (non-hydrogen) atoms. The van der Waals surface area contributed by atoms with Gasteiger partial charge in [0.15, 0.2) is 0 Å². The van der Waals surface area contributed by atoms with Crippen LogP contribution in [0.4, 0.5) is 21.7 Å². The lowest BCUT2D eigenvalue weighted by atomic mass is 10.2. The molecule has 0 aliphatic heterocycles. The Hall–Kier alpha value is -2.17. The van der Waals surface area contributed by atoms with Crippen molar-refractivity contribution in [3.63, 3.8) is 0 Å². The predicted octanol–water partition coefficient (Wildman–Crippen LogP) is 3.02. The maximum Gasteiger partial charge on any atom is 0.138 e. The van der Waals surface area contributed by atoms with Crippen molar-refractivity contribution in [2.75, 3.05) is 17.7 Å². The van der Waals surface area contributed by atoms with Crippen LogP contribution in [0.5, 0.6) is 0 Å². The van der Waals surface area contributed by atoms with Crippen LogP contribution in [0.1, 0.15) is 11.1 Å². The van der Waals surface area contributed by atoms with Crippen molar-refractivity contribution in [1.29, 1.82) is 0 Å². The van der Waals surface area contributed by atoms with E-state index in [9.17, 15) is 4.39 Å². The van der Waals surface area contributed by atoms with E-state index in [-0.39, 0.29) is 5.82 Å². The first-order valence-corrected chi connectivity index (χ1v) is 5.63. The van der Waals surface area contributed by atoms with E-state index in [1.165, 1.54) is 18.5 Å². The highest BCUT2D eigenvalue weighted by atomic mass is 19.1. The Balaban J connectivity index is 2.34. The fraction of sp³-hybridized carbons (Fsp3) is 0.231. The van der Waals surface area contributed by atoms with Gasteiger partial charge in [0.25, 0.3) is 0 Å². The third kappa shape index (κ3) is 2.56. The minimum Gasteiger partial charge on any atom is -0.373 e. The summed E-state index contributed by atoms with van der Waals surface area (Å²) in [4.78, 5) is 8.25. The van der Waals surface area contributed by atoms with Crippen molar-refractivity contribution in [2.24, 2.45) is 0 Å². The highest BCUT2D eigenvalue weighted by Gasteiger charge is 2.06. The van der Waals surface area contributed by atoms with E-state index < -0.39 is 0 Å². The first kappa shape index (κ1) is 12.3. The standard InChI is InChI=1S/C13H15FN4/c1-8-4-10(14)6-11(5-8)18-13-9(2)12(15-3)16-7-17-13/h4-7H,1-3H3,(H2,15,16,17,18). The molecule has 0 radical (unpaired) electrons. The number of benzene rings is 1. The Morgan fingerprint density at radius 3 is 2.44 bits per heavy atom. The van der Waals surface area contributed by atoms with E-state index in [1.54, 1.807) is 7.05 Å². The molecular formula is C13H15FN4. The molecule has 0 aliphatic rings. The Labute approximate surface area is 105 Å². The topological polar surface area (TPSA) is 49.8 Å². The van der Waals surface area contributed by atoms with E-state index in [0.29, 0.717) is 11.5 Å². The quantitative estimate of drug-likeness (QED) is 0.874. The summed E-state index contributed by atoms with van der Waals surface area (Å²) < 4.78 is 13.3. The molecule has 4 nitrogen and oxygen atoms in total. The largest absolute Gasteiger partial charge is 0.373 e. The molecule has 2 N–H and O–H groups in total. The van der Waals surface area contributed by atoms with Gasteiger partial charge in [-0.05, 0) is 37.6 Å². The van der Waals surface area contributed by atoms with Gasteiger partial charge in [0.2, 0.25) is 0 Å². The molecule has 5 heteroatoms. The molecule has 1 aromatic carbocycles. The molecule has 1 aromatic heterocycles. The fourth-order valence-electron chi connectivity index (χ4n) is 1.77. The summed E-state index contributed by atoms with van der Waals surface area (Å²) in [6.07, 6.45) is 1.47. The van der Waals surface area contributed by atoms with Crippen LogP contribution < -0.4 is 10.6 Å². The van der Waals surface area contributed by atoms with E-state index in [0.717, 1.165) is 16.9 Å². The summed E-state index contributed by atoms with van der Waals surface area (Å²) >= 11 is 0. The van der Waals surface area contributed by atoms with Crippen LogP contribution in [0.2, 0.25) is 0 Å². The number of rotatable bonds is 3. The van der Waals surface area contributed by atoms with Gasteiger partial charge in [0.1, 0.15) is 23.8 Å². The van der Waals surface area contributed by atoms with Gasteiger partial charge in [0.05, 0.1) is 0 Å². The summed E-state index contributed by atoms with van der Waals surface area (Å²) in [6, 6.07) is 4.79. The number of nitrogens with one attached hydrogen (secondary N) is 2. The normalized spacial score (nSPS) is 10.2. The van der Waals surface area contributed by atoms with E-state index >= 15 is 0 Å². The maximum atomic E-state index is 13.3. The molecule has 0 bridgehead atoms. The third-order valence-corrected chi connectivity index (χ3v) is 2.63. The first-order valence-electron chi connectivity index (χ1n) is 5.63. The molecule has 94 valence electrons. The summed E-state index contributed by atoms with van der Waals surface area (Å²) in [5.74, 6) is 1.15. The molecule has 0 spiro atoms. The molecule has 0 fully saturated rings. The molecule has 2 rings (SSSR count). The van der Waals surface area contributed by atoms with Gasteiger partial charge in [-0.1, -0.05) is 0 Å². The van der Waals surface area contributed by atoms with Crippen LogP contribution >= 0.6 is 0 Å². The summed E-state index contributed by atoms with van der Waals surface area (Å²) in [5.41, 5.74) is 2.43. The monoisotopic (exact) mass is 246 g/mol. The average Bonchev–Trinajstić information content (AvgIpc) is 2.30. The number of hydrogen-bond acceptors (Lipinski definition) is 4. The van der Waals surface area contributed by atoms with Crippen molar-refractivity contribution in [3.05, 3.63) is 41.5 Å². The third-order valence-electron chi connectivity index (χ3n) is 2.63. The number of anilines is 3. The second kappa shape index (κ2) is 5.00. The Morgan fingerprint density at radius 1 is 1.06 bits per heavy atom. The number of nitrogens with zero attached hydrogens (tertiary/aromatic N) is 2. The lowest BCUT2D eigenvalue weighted by Crippen LogP contribution is -2.02. The average molecular weight is 246 g/mol. The second-order valence-electron chi connectivity index (χ2n) is 4.09. The molecular weight excluding hydrogens is 231 g/mol. The predicted molar refractivity (Wildman–Crippen MR) is 70.7 cm³/mol. The summed E-state index contributed by atoms with van der Waals surface area (Å²) in [6.45, 7) is 3.75. The van der Waals surface area contributed by atoms with E-state index in [2.05, 4.69) is 20.6 Å². The van der Waals surface area contributed by atoms with Gasteiger partial charge < -0.3 is 10.6 Å². The van der Waals surface area contributed by atoms with Gasteiger partial charge >= 0.3 is 0 Å². The van der Waals surface area contributed by atoms with Crippen LogP contribution in [-0.2, 0) is 0 Å². The van der Waals surface area contributed by atoms with Crippen LogP contribution in [0, 0.1) is 19.7 Å². The molecule has 0 atom stereocenters. The number of aromatic nitrogens is 2. The fourth-order valence-corrected chi connectivity index (χ4v) is 1.77. The summed E-state index contributed by atoms with van der Waals surface area (Å²) in [7, 11) is 1.80. The van der Waals surface area contributed by atoms with Crippen LogP contribution in [0.25, 0.3) is 0 Å². The van der Waals surface area contributed by atoms with Crippen LogP contribution in [0.3, 0.4) is 0 Å². The van der Waals surface area contributed by atoms with Crippen molar-refractivity contribution in [2.45, 2.75) is 13.8 Å². The molecule has 0 amide bonds. The first-order chi connectivity index (χ1) is 8.60. The lowest BCUT2D eigenvalue weighted by molar-refractivity contribution is 0.627. The SMILES string of the molecule is CNc1ncnc(Nc2cc(C)cc(F)c2)c1C. The van der Waals surface area contributed by atoms with Crippen molar-refractivity contribution >= 4 is 17.3 Å². The molecule has 0 saturated carbocycles. The van der Waals surface area contributed by atoms with Gasteiger partial charge in [-0.3, -0.25) is 0 Å². The zero-order chi connectivity index (χ0) is 13.1. The Morgan fingerprint density at radius 2 is 1.78 bits per heavy atom.